The van der Waals surface area contributed by atoms with E-state index in [4.69, 9.17) is 4.42 Å². The van der Waals surface area contributed by atoms with E-state index in [0.29, 0.717) is 6.54 Å². The maximum atomic E-state index is 13.2. The van der Waals surface area contributed by atoms with Gasteiger partial charge in [0.25, 0.3) is 0 Å². The average Bonchev–Trinajstić information content (AvgIpc) is 3.23. The molecule has 1 aromatic heterocycles. The van der Waals surface area contributed by atoms with E-state index in [2.05, 4.69) is 15.5 Å². The monoisotopic (exact) mass is 403 g/mol. The molecule has 0 saturated carbocycles. The van der Waals surface area contributed by atoms with Crippen LogP contribution in [0.15, 0.2) is 47.1 Å². The number of hydrogen-bond acceptors (Lipinski definition) is 4. The Labute approximate surface area is 169 Å². The van der Waals surface area contributed by atoms with Crippen LogP contribution in [0.3, 0.4) is 0 Å². The number of nitrogens with one attached hydrogen (secondary N) is 3. The second-order valence-electron chi connectivity index (χ2n) is 7.53. The van der Waals surface area contributed by atoms with Gasteiger partial charge in [-0.05, 0) is 50.2 Å². The van der Waals surface area contributed by atoms with E-state index in [-0.39, 0.29) is 17.9 Å². The Morgan fingerprint density at radius 3 is 2.41 bits per heavy atom. The summed E-state index contributed by atoms with van der Waals surface area (Å²) in [7, 11) is 0. The van der Waals surface area contributed by atoms with Gasteiger partial charge in [-0.1, -0.05) is 0 Å². The highest BCUT2D eigenvalue weighted by atomic mass is 19.1. The van der Waals surface area contributed by atoms with Crippen molar-refractivity contribution in [3.05, 3.63) is 54.2 Å². The number of hydrogen-bond donors (Lipinski definition) is 3. The first-order valence-electron chi connectivity index (χ1n) is 9.91. The molecule has 1 aliphatic rings. The highest BCUT2D eigenvalue weighted by Crippen LogP contribution is 2.16. The molecule has 8 heteroatoms. The van der Waals surface area contributed by atoms with Crippen molar-refractivity contribution in [3.63, 3.8) is 0 Å². The lowest BCUT2D eigenvalue weighted by atomic mass is 10.1. The minimum atomic E-state index is -0.639. The van der Waals surface area contributed by atoms with Crippen molar-refractivity contribution in [3.8, 4) is 0 Å². The molecule has 1 atom stereocenters. The third-order valence-corrected chi connectivity index (χ3v) is 5.07. The Bertz CT molecular complexity index is 800. The fraction of sp³-hybridized carbons (Fsp3) is 0.429. The van der Waals surface area contributed by atoms with Crippen molar-refractivity contribution in [2.24, 2.45) is 0 Å². The van der Waals surface area contributed by atoms with Gasteiger partial charge in [0.2, 0.25) is 0 Å². The number of nitrogens with zero attached hydrogens (tertiary/aromatic N) is 1. The number of amides is 2. The van der Waals surface area contributed by atoms with Crippen LogP contribution in [-0.4, -0.2) is 50.6 Å². The molecule has 1 aromatic carbocycles. The minimum Gasteiger partial charge on any atom is -0.463 e. The highest BCUT2D eigenvalue weighted by molar-refractivity contribution is 6.35. The zero-order chi connectivity index (χ0) is 20.8. The van der Waals surface area contributed by atoms with E-state index in [1.807, 2.05) is 26.0 Å². The largest absolute Gasteiger partial charge is 0.463 e. The summed E-state index contributed by atoms with van der Waals surface area (Å²) in [6.45, 7) is 7.19. The van der Waals surface area contributed by atoms with Crippen LogP contribution in [0.25, 0.3) is 0 Å². The normalized spacial score (nSPS) is 15.9. The third-order valence-electron chi connectivity index (χ3n) is 5.07. The van der Waals surface area contributed by atoms with Gasteiger partial charge in [-0.2, -0.15) is 0 Å². The van der Waals surface area contributed by atoms with Gasteiger partial charge in [-0.3, -0.25) is 9.59 Å². The van der Waals surface area contributed by atoms with E-state index in [1.165, 1.54) is 17.0 Å². The van der Waals surface area contributed by atoms with E-state index >= 15 is 0 Å². The number of furan rings is 1. The zero-order valence-electron chi connectivity index (χ0n) is 16.8. The predicted octanol–water partition coefficient (Wildman–Crippen LogP) is 0.506. The SMILES string of the molecule is CC(C)NC(=O)C(=O)NC[C@@H](c1ccco1)[NH+]1CCN(c2ccc(F)cc2)CC1. The van der Waals surface area contributed by atoms with Crippen molar-refractivity contribution in [1.82, 2.24) is 10.6 Å². The van der Waals surface area contributed by atoms with Gasteiger partial charge in [-0.15, -0.1) is 0 Å². The number of rotatable bonds is 6. The fourth-order valence-electron chi connectivity index (χ4n) is 3.59. The van der Waals surface area contributed by atoms with Crippen molar-refractivity contribution < 1.29 is 23.3 Å². The Kier molecular flexibility index (Phi) is 6.87. The number of carbonyl (C=O) groups is 2. The number of halogens is 1. The Balaban J connectivity index is 1.60. The molecule has 1 fully saturated rings. The summed E-state index contributed by atoms with van der Waals surface area (Å²) in [5.74, 6) is -0.734. The van der Waals surface area contributed by atoms with E-state index in [0.717, 1.165) is 37.6 Å². The molecule has 1 saturated heterocycles. The van der Waals surface area contributed by atoms with Gasteiger partial charge < -0.3 is 24.9 Å². The van der Waals surface area contributed by atoms with Crippen LogP contribution in [0.4, 0.5) is 10.1 Å². The first-order chi connectivity index (χ1) is 13.9. The summed E-state index contributed by atoms with van der Waals surface area (Å²) in [6, 6.07) is 10.1. The number of anilines is 1. The van der Waals surface area contributed by atoms with Crippen LogP contribution >= 0.6 is 0 Å². The average molecular weight is 403 g/mol. The number of piperazine rings is 1. The molecule has 3 N–H and O–H groups in total. The first-order valence-corrected chi connectivity index (χ1v) is 9.91. The standard InChI is InChI=1S/C21H27FN4O3/c1-15(2)24-21(28)20(27)23-14-18(19-4-3-13-29-19)26-11-9-25(10-12-26)17-7-5-16(22)6-8-17/h3-8,13,15,18H,9-12,14H2,1-2H3,(H,23,27)(H,24,28)/p+1/t18-/m0/s1. The lowest BCUT2D eigenvalue weighted by Crippen LogP contribution is -3.15. The Morgan fingerprint density at radius 1 is 1.14 bits per heavy atom. The third kappa shape index (κ3) is 5.57. The molecule has 2 heterocycles. The predicted molar refractivity (Wildman–Crippen MR) is 107 cm³/mol. The van der Waals surface area contributed by atoms with Crippen molar-refractivity contribution in [2.75, 3.05) is 37.6 Å². The van der Waals surface area contributed by atoms with Crippen molar-refractivity contribution in [2.45, 2.75) is 25.9 Å². The molecule has 29 heavy (non-hydrogen) atoms. The summed E-state index contributed by atoms with van der Waals surface area (Å²) >= 11 is 0. The second kappa shape index (κ2) is 9.56. The minimum absolute atomic E-state index is 0.0869. The molecule has 1 aliphatic heterocycles. The van der Waals surface area contributed by atoms with E-state index in [9.17, 15) is 14.0 Å². The summed E-state index contributed by atoms with van der Waals surface area (Å²) in [6.07, 6.45) is 1.61. The first kappa shape index (κ1) is 20.9. The van der Waals surface area contributed by atoms with Crippen molar-refractivity contribution >= 4 is 17.5 Å². The van der Waals surface area contributed by atoms with Gasteiger partial charge >= 0.3 is 11.8 Å². The van der Waals surface area contributed by atoms with Gasteiger partial charge in [-0.25, -0.2) is 4.39 Å². The van der Waals surface area contributed by atoms with Crippen LogP contribution in [0.2, 0.25) is 0 Å². The van der Waals surface area contributed by atoms with Crippen LogP contribution in [0.5, 0.6) is 0 Å². The van der Waals surface area contributed by atoms with Gasteiger partial charge in [0.1, 0.15) is 5.82 Å². The molecule has 7 nitrogen and oxygen atoms in total. The molecule has 2 aromatic rings. The molecular weight excluding hydrogens is 375 g/mol. The molecule has 0 unspecified atom stereocenters. The molecule has 2 amide bonds. The van der Waals surface area contributed by atoms with Crippen molar-refractivity contribution in [1.29, 1.82) is 0 Å². The topological polar surface area (TPSA) is 79.0 Å². The summed E-state index contributed by atoms with van der Waals surface area (Å²) in [5.41, 5.74) is 0.999. The molecule has 0 bridgehead atoms. The molecule has 0 radical (unpaired) electrons. The van der Waals surface area contributed by atoms with E-state index in [1.54, 1.807) is 18.4 Å². The number of quaternary nitrogens is 1. The molecule has 0 spiro atoms. The van der Waals surface area contributed by atoms with Gasteiger partial charge in [0.05, 0.1) is 39.0 Å². The van der Waals surface area contributed by atoms with Crippen LogP contribution in [-0.2, 0) is 9.59 Å². The van der Waals surface area contributed by atoms with Crippen LogP contribution < -0.4 is 20.4 Å². The smallest absolute Gasteiger partial charge is 0.309 e. The lowest BCUT2D eigenvalue weighted by Gasteiger charge is -2.37. The maximum absolute atomic E-state index is 13.2. The summed E-state index contributed by atoms with van der Waals surface area (Å²) in [4.78, 5) is 27.4. The summed E-state index contributed by atoms with van der Waals surface area (Å²) < 4.78 is 18.8. The number of benzene rings is 1. The molecule has 0 aliphatic carbocycles. The van der Waals surface area contributed by atoms with Crippen LogP contribution in [0, 0.1) is 5.82 Å². The quantitative estimate of drug-likeness (QED) is 0.614. The Morgan fingerprint density at radius 2 is 1.83 bits per heavy atom. The van der Waals surface area contributed by atoms with E-state index < -0.39 is 11.8 Å². The summed E-state index contributed by atoms with van der Waals surface area (Å²) in [5, 5.41) is 5.33. The molecular formula is C21H28FN4O3+. The zero-order valence-corrected chi connectivity index (χ0v) is 16.8. The van der Waals surface area contributed by atoms with Crippen LogP contribution in [0.1, 0.15) is 25.6 Å². The van der Waals surface area contributed by atoms with Gasteiger partial charge in [0, 0.05) is 11.7 Å². The highest BCUT2D eigenvalue weighted by Gasteiger charge is 2.31. The molecule has 3 rings (SSSR count). The Hall–Kier alpha value is -2.87. The lowest BCUT2D eigenvalue weighted by molar-refractivity contribution is -0.932. The molecule has 156 valence electrons. The fourth-order valence-corrected chi connectivity index (χ4v) is 3.59. The second-order valence-corrected chi connectivity index (χ2v) is 7.53. The maximum Gasteiger partial charge on any atom is 0.309 e. The van der Waals surface area contributed by atoms with Gasteiger partial charge in [0.15, 0.2) is 11.8 Å². The number of carbonyl (C=O) groups excluding carboxylic acids is 2.